The molecule has 1 aliphatic heterocycles. The summed E-state index contributed by atoms with van der Waals surface area (Å²) in [6.07, 6.45) is 6.84. The zero-order valence-electron chi connectivity index (χ0n) is 18.5. The Hall–Kier alpha value is -2.04. The van der Waals surface area contributed by atoms with Gasteiger partial charge < -0.3 is 15.5 Å². The number of hydrogen-bond donors (Lipinski definition) is 2. The van der Waals surface area contributed by atoms with Crippen LogP contribution in [0.2, 0.25) is 5.02 Å². The normalized spacial score (nSPS) is 15.4. The standard InChI is InChI=1S/C25H35ClN4/c1-5-22(6-2)30-13-11-20(12-14-30)17-27-24-9-8-21(26)15-23(24)19(4)29-25-10-7-18(3)16-28-25/h7-10,15-16,20,22,27H,4-6,11-14,17H2,1-3H3,(H,28,29). The maximum Gasteiger partial charge on any atom is 0.130 e. The molecule has 5 heteroatoms. The Kier molecular flexibility index (Phi) is 8.17. The number of benzene rings is 1. The first-order valence-corrected chi connectivity index (χ1v) is 11.5. The molecular formula is C25H35ClN4. The number of anilines is 2. The van der Waals surface area contributed by atoms with Crippen molar-refractivity contribution in [1.82, 2.24) is 9.88 Å². The fourth-order valence-electron chi connectivity index (χ4n) is 4.27. The van der Waals surface area contributed by atoms with E-state index >= 15 is 0 Å². The molecule has 0 bridgehead atoms. The lowest BCUT2D eigenvalue weighted by Crippen LogP contribution is -2.42. The van der Waals surface area contributed by atoms with Crippen molar-refractivity contribution in [3.63, 3.8) is 0 Å². The maximum absolute atomic E-state index is 6.29. The van der Waals surface area contributed by atoms with Crippen molar-refractivity contribution in [2.45, 2.75) is 52.5 Å². The summed E-state index contributed by atoms with van der Waals surface area (Å²) in [6, 6.07) is 10.7. The van der Waals surface area contributed by atoms with E-state index in [2.05, 4.69) is 40.9 Å². The van der Waals surface area contributed by atoms with Crippen molar-refractivity contribution >= 4 is 28.8 Å². The van der Waals surface area contributed by atoms with Gasteiger partial charge in [-0.05, 0) is 81.4 Å². The Morgan fingerprint density at radius 2 is 1.93 bits per heavy atom. The lowest BCUT2D eigenvalue weighted by atomic mass is 9.94. The summed E-state index contributed by atoms with van der Waals surface area (Å²) in [5.74, 6) is 1.48. The Morgan fingerprint density at radius 1 is 1.20 bits per heavy atom. The van der Waals surface area contributed by atoms with Gasteiger partial charge in [0.15, 0.2) is 0 Å². The molecule has 4 nitrogen and oxygen atoms in total. The number of rotatable bonds is 9. The summed E-state index contributed by atoms with van der Waals surface area (Å²) in [4.78, 5) is 7.09. The molecule has 2 N–H and O–H groups in total. The van der Waals surface area contributed by atoms with Gasteiger partial charge in [0, 0.05) is 40.8 Å². The van der Waals surface area contributed by atoms with Crippen LogP contribution in [0.25, 0.3) is 5.70 Å². The highest BCUT2D eigenvalue weighted by molar-refractivity contribution is 6.30. The third kappa shape index (κ3) is 5.99. The molecule has 0 saturated carbocycles. The number of aromatic nitrogens is 1. The Bertz CT molecular complexity index is 822. The van der Waals surface area contributed by atoms with Gasteiger partial charge in [0.05, 0.1) is 0 Å². The van der Waals surface area contributed by atoms with E-state index in [0.717, 1.165) is 40.9 Å². The third-order valence-corrected chi connectivity index (χ3v) is 6.42. The monoisotopic (exact) mass is 426 g/mol. The molecule has 2 heterocycles. The van der Waals surface area contributed by atoms with Gasteiger partial charge in [0.25, 0.3) is 0 Å². The van der Waals surface area contributed by atoms with Gasteiger partial charge in [-0.25, -0.2) is 4.98 Å². The van der Waals surface area contributed by atoms with Crippen LogP contribution in [-0.4, -0.2) is 35.6 Å². The van der Waals surface area contributed by atoms with E-state index in [1.165, 1.54) is 38.8 Å². The Labute approximate surface area is 186 Å². The van der Waals surface area contributed by atoms with Gasteiger partial charge in [-0.2, -0.15) is 0 Å². The topological polar surface area (TPSA) is 40.2 Å². The first-order valence-electron chi connectivity index (χ1n) is 11.2. The Morgan fingerprint density at radius 3 is 2.57 bits per heavy atom. The average Bonchev–Trinajstić information content (AvgIpc) is 2.76. The lowest BCUT2D eigenvalue weighted by Gasteiger charge is -2.37. The molecule has 30 heavy (non-hydrogen) atoms. The van der Waals surface area contributed by atoms with Crippen molar-refractivity contribution in [3.05, 3.63) is 59.3 Å². The van der Waals surface area contributed by atoms with Gasteiger partial charge in [0.2, 0.25) is 0 Å². The predicted molar refractivity (Wildman–Crippen MR) is 130 cm³/mol. The highest BCUT2D eigenvalue weighted by Gasteiger charge is 2.23. The molecule has 0 radical (unpaired) electrons. The second-order valence-corrected chi connectivity index (χ2v) is 8.78. The molecule has 162 valence electrons. The first kappa shape index (κ1) is 22.6. The van der Waals surface area contributed by atoms with E-state index in [9.17, 15) is 0 Å². The van der Waals surface area contributed by atoms with Crippen LogP contribution < -0.4 is 10.6 Å². The second kappa shape index (κ2) is 10.8. The minimum atomic E-state index is 0.694. The number of nitrogens with one attached hydrogen (secondary N) is 2. The predicted octanol–water partition coefficient (Wildman–Crippen LogP) is 6.44. The summed E-state index contributed by atoms with van der Waals surface area (Å²) in [6.45, 7) is 14.3. The molecule has 1 saturated heterocycles. The SMILES string of the molecule is C=C(Nc1ccc(C)cn1)c1cc(Cl)ccc1NCC1CCN(C(CC)CC)CC1. The molecular weight excluding hydrogens is 392 g/mol. The summed E-state index contributed by atoms with van der Waals surface area (Å²) >= 11 is 6.29. The van der Waals surface area contributed by atoms with Crippen LogP contribution in [0.1, 0.15) is 50.7 Å². The van der Waals surface area contributed by atoms with E-state index in [1.54, 1.807) is 0 Å². The van der Waals surface area contributed by atoms with Crippen molar-refractivity contribution < 1.29 is 0 Å². The van der Waals surface area contributed by atoms with Crippen molar-refractivity contribution in [3.8, 4) is 0 Å². The van der Waals surface area contributed by atoms with E-state index in [-0.39, 0.29) is 0 Å². The molecule has 0 aliphatic carbocycles. The molecule has 0 spiro atoms. The number of piperidine rings is 1. The highest BCUT2D eigenvalue weighted by Crippen LogP contribution is 2.29. The summed E-state index contributed by atoms with van der Waals surface area (Å²) < 4.78 is 0. The van der Waals surface area contributed by atoms with Crippen LogP contribution in [0.3, 0.4) is 0 Å². The Balaban J connectivity index is 1.60. The molecule has 0 unspecified atom stereocenters. The van der Waals surface area contributed by atoms with Crippen molar-refractivity contribution in [2.24, 2.45) is 5.92 Å². The van der Waals surface area contributed by atoms with Crippen LogP contribution >= 0.6 is 11.6 Å². The second-order valence-electron chi connectivity index (χ2n) is 8.34. The summed E-state index contributed by atoms with van der Waals surface area (Å²) in [7, 11) is 0. The maximum atomic E-state index is 6.29. The van der Waals surface area contributed by atoms with Gasteiger partial charge in [-0.15, -0.1) is 0 Å². The smallest absolute Gasteiger partial charge is 0.130 e. The number of pyridine rings is 1. The zero-order chi connectivity index (χ0) is 21.5. The number of halogens is 1. The van der Waals surface area contributed by atoms with E-state index in [4.69, 9.17) is 11.6 Å². The largest absolute Gasteiger partial charge is 0.384 e. The number of hydrogen-bond acceptors (Lipinski definition) is 4. The highest BCUT2D eigenvalue weighted by atomic mass is 35.5. The van der Waals surface area contributed by atoms with Gasteiger partial charge >= 0.3 is 0 Å². The molecule has 3 rings (SSSR count). The van der Waals surface area contributed by atoms with Crippen LogP contribution in [0.5, 0.6) is 0 Å². The third-order valence-electron chi connectivity index (χ3n) is 6.19. The lowest BCUT2D eigenvalue weighted by molar-refractivity contribution is 0.129. The molecule has 0 atom stereocenters. The molecule has 1 aromatic heterocycles. The number of likely N-dealkylation sites (tertiary alicyclic amines) is 1. The van der Waals surface area contributed by atoms with Gasteiger partial charge in [0.1, 0.15) is 5.82 Å². The fraction of sp³-hybridized carbons (Fsp3) is 0.480. The van der Waals surface area contributed by atoms with Crippen molar-refractivity contribution in [1.29, 1.82) is 0 Å². The minimum Gasteiger partial charge on any atom is -0.384 e. The molecule has 0 amide bonds. The van der Waals surface area contributed by atoms with Crippen molar-refractivity contribution in [2.75, 3.05) is 30.3 Å². The van der Waals surface area contributed by atoms with Gasteiger partial charge in [-0.3, -0.25) is 0 Å². The molecule has 2 aromatic rings. The zero-order valence-corrected chi connectivity index (χ0v) is 19.3. The van der Waals surface area contributed by atoms with Gasteiger partial charge in [-0.1, -0.05) is 38.1 Å². The van der Waals surface area contributed by atoms with E-state index in [0.29, 0.717) is 10.9 Å². The minimum absolute atomic E-state index is 0.694. The first-order chi connectivity index (χ1) is 14.5. The van der Waals surface area contributed by atoms with Crippen LogP contribution in [0.15, 0.2) is 43.1 Å². The van der Waals surface area contributed by atoms with E-state index < -0.39 is 0 Å². The quantitative estimate of drug-likeness (QED) is 0.484. The average molecular weight is 427 g/mol. The molecule has 1 fully saturated rings. The van der Waals surface area contributed by atoms with E-state index in [1.807, 2.05) is 43.5 Å². The van der Waals surface area contributed by atoms with Crippen LogP contribution in [-0.2, 0) is 0 Å². The molecule has 1 aromatic carbocycles. The molecule has 1 aliphatic rings. The summed E-state index contributed by atoms with van der Waals surface area (Å²) in [5, 5.41) is 7.67. The van der Waals surface area contributed by atoms with Crippen LogP contribution in [0.4, 0.5) is 11.5 Å². The summed E-state index contributed by atoms with van der Waals surface area (Å²) in [5.41, 5.74) is 3.97. The number of nitrogens with zero attached hydrogens (tertiary/aromatic N) is 2. The number of aryl methyl sites for hydroxylation is 1. The fourth-order valence-corrected chi connectivity index (χ4v) is 4.44. The van der Waals surface area contributed by atoms with Crippen LogP contribution in [0, 0.1) is 12.8 Å².